The van der Waals surface area contributed by atoms with Crippen LogP contribution in [0.2, 0.25) is 0 Å². The first kappa shape index (κ1) is 16.7. The third-order valence-corrected chi connectivity index (χ3v) is 3.25. The third kappa shape index (κ3) is 6.07. The van der Waals surface area contributed by atoms with Crippen molar-refractivity contribution in [3.05, 3.63) is 0 Å². The Morgan fingerprint density at radius 3 is 2.21 bits per heavy atom. The molecule has 19 heavy (non-hydrogen) atoms. The van der Waals surface area contributed by atoms with E-state index in [0.717, 1.165) is 0 Å². The van der Waals surface area contributed by atoms with Crippen molar-refractivity contribution in [2.45, 2.75) is 31.0 Å². The van der Waals surface area contributed by atoms with Crippen LogP contribution in [-0.2, 0) is 29.6 Å². The highest BCUT2D eigenvalue weighted by molar-refractivity contribution is 7.83. The summed E-state index contributed by atoms with van der Waals surface area (Å²) in [6.45, 7) is -0.675. The molecule has 1 aliphatic heterocycles. The number of rotatable bonds is 5. The van der Waals surface area contributed by atoms with Gasteiger partial charge in [0, 0.05) is 6.42 Å². The highest BCUT2D eigenvalue weighted by atomic mass is 32.3. The van der Waals surface area contributed by atoms with E-state index in [-0.39, 0.29) is 6.42 Å². The Kier molecular flexibility index (Phi) is 5.21. The van der Waals surface area contributed by atoms with Crippen LogP contribution in [0.3, 0.4) is 0 Å². The lowest BCUT2D eigenvalue weighted by molar-refractivity contribution is -0.209. The van der Waals surface area contributed by atoms with Gasteiger partial charge < -0.3 is 14.9 Å². The second-order valence-corrected chi connectivity index (χ2v) is 6.06. The van der Waals surface area contributed by atoms with Gasteiger partial charge in [0.25, 0.3) is 0 Å². The molecule has 1 saturated heterocycles. The van der Waals surface area contributed by atoms with E-state index in [1.165, 1.54) is 0 Å². The molecule has 1 rings (SSSR count). The molecule has 0 saturated carbocycles. The van der Waals surface area contributed by atoms with Crippen molar-refractivity contribution < 1.29 is 45.1 Å². The Labute approximate surface area is 109 Å². The van der Waals surface area contributed by atoms with Crippen LogP contribution in [0.5, 0.6) is 0 Å². The van der Waals surface area contributed by atoms with Crippen LogP contribution in [0.25, 0.3) is 0 Å². The smallest absolute Gasteiger partial charge is 0.391 e. The van der Waals surface area contributed by atoms with Crippen molar-refractivity contribution in [2.75, 3.05) is 6.61 Å². The normalized spacial score (nSPS) is 33.3. The minimum absolute atomic E-state index is 0.292. The van der Waals surface area contributed by atoms with Crippen LogP contribution >= 0.6 is 0 Å². The van der Waals surface area contributed by atoms with Gasteiger partial charge >= 0.3 is 20.7 Å². The zero-order valence-electron chi connectivity index (χ0n) is 9.28. The summed E-state index contributed by atoms with van der Waals surface area (Å²) >= 11 is 0. The molecule has 0 amide bonds. The van der Waals surface area contributed by atoms with Gasteiger partial charge in [0.15, 0.2) is 6.29 Å². The van der Waals surface area contributed by atoms with Crippen molar-refractivity contribution in [3.8, 4) is 0 Å². The maximum absolute atomic E-state index is 10.6. The quantitative estimate of drug-likeness (QED) is 0.328. The van der Waals surface area contributed by atoms with Gasteiger partial charge in [-0.3, -0.25) is 9.11 Å². The fourth-order valence-electron chi connectivity index (χ4n) is 1.52. The van der Waals surface area contributed by atoms with Crippen LogP contribution in [0, 0.1) is 0 Å². The van der Waals surface area contributed by atoms with Gasteiger partial charge in [-0.2, -0.15) is 21.6 Å². The molecule has 114 valence electrons. The highest BCUT2D eigenvalue weighted by Gasteiger charge is 2.39. The van der Waals surface area contributed by atoms with Crippen LogP contribution in [0.4, 0.5) is 0 Å². The minimum atomic E-state index is -4.70. The molecule has 0 aromatic heterocycles. The first-order valence-corrected chi connectivity index (χ1v) is 7.66. The topological polar surface area (TPSA) is 180 Å². The fraction of sp³-hybridized carbons (Fsp3) is 1.00. The average Bonchev–Trinajstić information content (AvgIpc) is 2.18. The molecule has 5 N–H and O–H groups in total. The van der Waals surface area contributed by atoms with E-state index < -0.39 is 51.8 Å². The first-order chi connectivity index (χ1) is 8.48. The number of aliphatic hydroxyl groups excluding tert-OH is 2. The predicted molar refractivity (Wildman–Crippen MR) is 57.5 cm³/mol. The monoisotopic (exact) mass is 323 g/mol. The summed E-state index contributed by atoms with van der Waals surface area (Å²) in [5, 5.41) is 19.0. The van der Waals surface area contributed by atoms with Crippen LogP contribution in [0.15, 0.2) is 0 Å². The Morgan fingerprint density at radius 1 is 1.21 bits per heavy atom. The van der Waals surface area contributed by atoms with Gasteiger partial charge in [0.05, 0.1) is 18.8 Å². The first-order valence-electron chi connectivity index (χ1n) is 4.86. The molecule has 1 fully saturated rings. The fourth-order valence-corrected chi connectivity index (χ4v) is 2.46. The van der Waals surface area contributed by atoms with Crippen LogP contribution in [0.1, 0.15) is 6.42 Å². The third-order valence-electron chi connectivity index (χ3n) is 2.25. The predicted octanol–water partition coefficient (Wildman–Crippen LogP) is -2.96. The molecular weight excluding hydrogens is 310 g/mol. The van der Waals surface area contributed by atoms with Gasteiger partial charge in [-0.1, -0.05) is 0 Å². The zero-order valence-corrected chi connectivity index (χ0v) is 10.9. The second kappa shape index (κ2) is 5.94. The summed E-state index contributed by atoms with van der Waals surface area (Å²) < 4.78 is 68.9. The Balaban J connectivity index is 2.61. The largest absolute Gasteiger partial charge is 0.397 e. The molecular formula is C6H13NO10S2. The van der Waals surface area contributed by atoms with E-state index in [4.69, 9.17) is 13.8 Å². The number of nitrogens with one attached hydrogen (secondary N) is 1. The summed E-state index contributed by atoms with van der Waals surface area (Å²) in [7, 11) is -9.36. The summed E-state index contributed by atoms with van der Waals surface area (Å²) in [6, 6.07) is -1.52. The average molecular weight is 323 g/mol. The molecule has 0 aromatic rings. The number of aliphatic hydroxyl groups is 2. The Bertz CT molecular complexity index is 488. The van der Waals surface area contributed by atoms with E-state index in [1.807, 2.05) is 0 Å². The zero-order chi connectivity index (χ0) is 14.8. The van der Waals surface area contributed by atoms with Gasteiger partial charge in [0.2, 0.25) is 0 Å². The van der Waals surface area contributed by atoms with Crippen molar-refractivity contribution >= 4 is 20.7 Å². The molecule has 1 aliphatic rings. The SMILES string of the molecule is O=S(=O)(O)NC1[C@H](O)OC(COS(=O)(=O)O)C[C@@H]1O. The van der Waals surface area contributed by atoms with Crippen molar-refractivity contribution in [1.82, 2.24) is 4.72 Å². The standard InChI is InChI=1S/C6H13NO10S2/c8-4-1-3(2-16-19(13,14)15)17-6(9)5(4)7-18(10,11)12/h3-9H,1-2H2,(H,10,11,12)(H,13,14,15)/t3?,4-,5?,6+/m0/s1. The number of ether oxygens (including phenoxy) is 1. The lowest BCUT2D eigenvalue weighted by Crippen LogP contribution is -2.57. The highest BCUT2D eigenvalue weighted by Crippen LogP contribution is 2.20. The molecule has 0 spiro atoms. The van der Waals surface area contributed by atoms with Crippen molar-refractivity contribution in [1.29, 1.82) is 0 Å². The van der Waals surface area contributed by atoms with E-state index >= 15 is 0 Å². The van der Waals surface area contributed by atoms with Gasteiger partial charge in [-0.15, -0.1) is 0 Å². The van der Waals surface area contributed by atoms with E-state index in [2.05, 4.69) is 4.18 Å². The summed E-state index contributed by atoms with van der Waals surface area (Å²) in [5.41, 5.74) is 0. The summed E-state index contributed by atoms with van der Waals surface area (Å²) in [4.78, 5) is 0. The maximum Gasteiger partial charge on any atom is 0.397 e. The molecule has 1 heterocycles. The molecule has 0 aromatic carbocycles. The van der Waals surface area contributed by atoms with E-state index in [1.54, 1.807) is 4.72 Å². The molecule has 11 nitrogen and oxygen atoms in total. The van der Waals surface area contributed by atoms with Crippen molar-refractivity contribution in [2.24, 2.45) is 0 Å². The lowest BCUT2D eigenvalue weighted by atomic mass is 10.0. The molecule has 0 radical (unpaired) electrons. The Morgan fingerprint density at radius 2 is 1.79 bits per heavy atom. The lowest BCUT2D eigenvalue weighted by Gasteiger charge is -2.36. The number of hydrogen-bond acceptors (Lipinski definition) is 8. The van der Waals surface area contributed by atoms with E-state index in [0.29, 0.717) is 0 Å². The van der Waals surface area contributed by atoms with E-state index in [9.17, 15) is 27.0 Å². The molecule has 0 aliphatic carbocycles. The summed E-state index contributed by atoms with van der Waals surface area (Å²) in [5.74, 6) is 0. The van der Waals surface area contributed by atoms with Crippen LogP contribution in [-0.4, -0.2) is 67.3 Å². The van der Waals surface area contributed by atoms with Gasteiger partial charge in [-0.25, -0.2) is 4.18 Å². The number of hydrogen-bond donors (Lipinski definition) is 5. The van der Waals surface area contributed by atoms with Crippen molar-refractivity contribution in [3.63, 3.8) is 0 Å². The minimum Gasteiger partial charge on any atom is -0.391 e. The molecule has 13 heteroatoms. The van der Waals surface area contributed by atoms with Gasteiger partial charge in [-0.05, 0) is 0 Å². The molecule has 4 atom stereocenters. The Hall–Kier alpha value is -0.380. The molecule has 0 bridgehead atoms. The maximum atomic E-state index is 10.6. The second-order valence-electron chi connectivity index (χ2n) is 3.78. The summed E-state index contributed by atoms with van der Waals surface area (Å²) in [6.07, 6.45) is -4.67. The van der Waals surface area contributed by atoms with Crippen LogP contribution < -0.4 is 4.72 Å². The van der Waals surface area contributed by atoms with Gasteiger partial charge in [0.1, 0.15) is 6.04 Å². The molecule has 2 unspecified atom stereocenters.